The van der Waals surface area contributed by atoms with Crippen LogP contribution in [0.3, 0.4) is 0 Å². The number of rotatable bonds is 5. The Bertz CT molecular complexity index is 450. The number of hydrogen-bond donors (Lipinski definition) is 0. The van der Waals surface area contributed by atoms with Crippen LogP contribution in [0.4, 0.5) is 5.82 Å². The fraction of sp³-hybridized carbons (Fsp3) is 0.733. The molecule has 4 rings (SSSR count). The maximum atomic E-state index is 5.51. The third-order valence-corrected chi connectivity index (χ3v) is 4.36. The van der Waals surface area contributed by atoms with Crippen LogP contribution in [0, 0.1) is 5.92 Å². The molecule has 3 fully saturated rings. The monoisotopic (exact) mass is 259 g/mol. The maximum Gasteiger partial charge on any atom is 0.133 e. The van der Waals surface area contributed by atoms with Gasteiger partial charge in [-0.3, -0.25) is 0 Å². The zero-order valence-corrected chi connectivity index (χ0v) is 11.3. The van der Waals surface area contributed by atoms with Gasteiger partial charge in [0, 0.05) is 37.2 Å². The van der Waals surface area contributed by atoms with E-state index in [-0.39, 0.29) is 0 Å². The van der Waals surface area contributed by atoms with Crippen molar-refractivity contribution in [3.63, 3.8) is 0 Å². The van der Waals surface area contributed by atoms with Crippen molar-refractivity contribution in [2.45, 2.75) is 44.1 Å². The molecule has 19 heavy (non-hydrogen) atoms. The van der Waals surface area contributed by atoms with Crippen LogP contribution < -0.4 is 4.90 Å². The summed E-state index contributed by atoms with van der Waals surface area (Å²) in [5.41, 5.74) is 0. The van der Waals surface area contributed by atoms with Crippen LogP contribution in [0.1, 0.15) is 43.8 Å². The number of aromatic nitrogens is 2. The molecular weight excluding hydrogens is 238 g/mol. The molecule has 2 aliphatic carbocycles. The molecule has 0 unspecified atom stereocenters. The average molecular weight is 259 g/mol. The predicted octanol–water partition coefficient (Wildman–Crippen LogP) is 2.36. The van der Waals surface area contributed by atoms with Gasteiger partial charge in [0.15, 0.2) is 0 Å². The highest BCUT2D eigenvalue weighted by atomic mass is 16.5. The molecule has 0 bridgehead atoms. The highest BCUT2D eigenvalue weighted by Crippen LogP contribution is 2.39. The van der Waals surface area contributed by atoms with Crippen molar-refractivity contribution < 1.29 is 4.74 Å². The van der Waals surface area contributed by atoms with E-state index in [1.807, 2.05) is 6.20 Å². The number of anilines is 1. The average Bonchev–Trinajstić information content (AvgIpc) is 3.36. The molecule has 1 saturated heterocycles. The standard InChI is InChI=1S/C15H21N3O/c1-2-12(1)15-16-7-5-14(17-15)18(13-3-4-13)9-11-6-8-19-10-11/h5,7,11-13H,1-4,6,8-10H2/t11-/m0/s1. The Hall–Kier alpha value is -1.16. The molecule has 1 atom stereocenters. The van der Waals surface area contributed by atoms with Gasteiger partial charge in [-0.1, -0.05) is 0 Å². The number of nitrogens with zero attached hydrogens (tertiary/aromatic N) is 3. The molecule has 0 spiro atoms. The highest BCUT2D eigenvalue weighted by molar-refractivity contribution is 5.41. The zero-order valence-electron chi connectivity index (χ0n) is 11.3. The second kappa shape index (κ2) is 4.75. The first-order chi connectivity index (χ1) is 9.40. The van der Waals surface area contributed by atoms with Gasteiger partial charge in [-0.15, -0.1) is 0 Å². The van der Waals surface area contributed by atoms with Crippen LogP contribution in [-0.2, 0) is 4.74 Å². The number of hydrogen-bond acceptors (Lipinski definition) is 4. The third-order valence-electron chi connectivity index (χ3n) is 4.36. The van der Waals surface area contributed by atoms with Gasteiger partial charge in [0.1, 0.15) is 11.6 Å². The zero-order chi connectivity index (χ0) is 12.7. The minimum absolute atomic E-state index is 0.635. The summed E-state index contributed by atoms with van der Waals surface area (Å²) in [5, 5.41) is 0. The molecule has 1 aromatic rings. The lowest BCUT2D eigenvalue weighted by Crippen LogP contribution is -2.32. The quantitative estimate of drug-likeness (QED) is 0.813. The second-order valence-electron chi connectivity index (χ2n) is 6.16. The van der Waals surface area contributed by atoms with Crippen LogP contribution in [0.2, 0.25) is 0 Å². The maximum absolute atomic E-state index is 5.51. The fourth-order valence-corrected chi connectivity index (χ4v) is 2.88. The Balaban J connectivity index is 1.53. The lowest BCUT2D eigenvalue weighted by Gasteiger charge is -2.26. The van der Waals surface area contributed by atoms with Crippen molar-refractivity contribution in [1.82, 2.24) is 9.97 Å². The SMILES string of the molecule is c1cc(N(C[C@@H]2CCOC2)C2CC2)nc(C2CC2)n1. The van der Waals surface area contributed by atoms with Gasteiger partial charge >= 0.3 is 0 Å². The third kappa shape index (κ3) is 2.59. The largest absolute Gasteiger partial charge is 0.381 e. The summed E-state index contributed by atoms with van der Waals surface area (Å²) in [7, 11) is 0. The van der Waals surface area contributed by atoms with Crippen molar-refractivity contribution in [1.29, 1.82) is 0 Å². The van der Waals surface area contributed by atoms with E-state index in [1.54, 1.807) is 0 Å². The first kappa shape index (κ1) is 11.6. The molecule has 1 aliphatic heterocycles. The summed E-state index contributed by atoms with van der Waals surface area (Å²) in [4.78, 5) is 11.8. The second-order valence-corrected chi connectivity index (χ2v) is 6.16. The van der Waals surface area contributed by atoms with Crippen LogP contribution in [-0.4, -0.2) is 35.8 Å². The van der Waals surface area contributed by atoms with Crippen molar-refractivity contribution in [2.75, 3.05) is 24.7 Å². The number of ether oxygens (including phenoxy) is 1. The van der Waals surface area contributed by atoms with E-state index in [4.69, 9.17) is 9.72 Å². The Morgan fingerprint density at radius 2 is 2.11 bits per heavy atom. The summed E-state index contributed by atoms with van der Waals surface area (Å²) in [5.74, 6) is 3.52. The lowest BCUT2D eigenvalue weighted by atomic mass is 10.1. The Kier molecular flexibility index (Phi) is 2.91. The summed E-state index contributed by atoms with van der Waals surface area (Å²) in [6.07, 6.45) is 8.31. The molecule has 0 radical (unpaired) electrons. The molecule has 0 amide bonds. The molecule has 4 heteroatoms. The van der Waals surface area contributed by atoms with Crippen LogP contribution in [0.5, 0.6) is 0 Å². The van der Waals surface area contributed by atoms with Gasteiger partial charge in [-0.25, -0.2) is 9.97 Å². The molecular formula is C15H21N3O. The van der Waals surface area contributed by atoms with E-state index in [9.17, 15) is 0 Å². The topological polar surface area (TPSA) is 38.2 Å². The molecule has 1 aromatic heterocycles. The smallest absolute Gasteiger partial charge is 0.133 e. The lowest BCUT2D eigenvalue weighted by molar-refractivity contribution is 0.186. The summed E-state index contributed by atoms with van der Waals surface area (Å²) < 4.78 is 5.51. The van der Waals surface area contributed by atoms with Gasteiger partial charge in [-0.2, -0.15) is 0 Å². The van der Waals surface area contributed by atoms with E-state index in [2.05, 4.69) is 16.0 Å². The van der Waals surface area contributed by atoms with E-state index in [0.29, 0.717) is 17.9 Å². The van der Waals surface area contributed by atoms with E-state index >= 15 is 0 Å². The summed E-state index contributed by atoms with van der Waals surface area (Å²) >= 11 is 0. The van der Waals surface area contributed by atoms with E-state index < -0.39 is 0 Å². The molecule has 2 saturated carbocycles. The van der Waals surface area contributed by atoms with Crippen molar-refractivity contribution in [2.24, 2.45) is 5.92 Å². The van der Waals surface area contributed by atoms with Crippen molar-refractivity contribution >= 4 is 5.82 Å². The first-order valence-electron chi connectivity index (χ1n) is 7.57. The van der Waals surface area contributed by atoms with Crippen molar-refractivity contribution in [3.8, 4) is 0 Å². The summed E-state index contributed by atoms with van der Waals surface area (Å²) in [6, 6.07) is 2.79. The van der Waals surface area contributed by atoms with Gasteiger partial charge in [0.2, 0.25) is 0 Å². The van der Waals surface area contributed by atoms with E-state index in [1.165, 1.54) is 32.1 Å². The molecule has 102 valence electrons. The van der Waals surface area contributed by atoms with Gasteiger partial charge < -0.3 is 9.64 Å². The molecule has 2 heterocycles. The fourth-order valence-electron chi connectivity index (χ4n) is 2.88. The Labute approximate surface area is 114 Å². The van der Waals surface area contributed by atoms with Crippen LogP contribution in [0.25, 0.3) is 0 Å². The van der Waals surface area contributed by atoms with Crippen LogP contribution in [0.15, 0.2) is 12.3 Å². The highest BCUT2D eigenvalue weighted by Gasteiger charge is 2.33. The Morgan fingerprint density at radius 3 is 2.79 bits per heavy atom. The van der Waals surface area contributed by atoms with Crippen molar-refractivity contribution in [3.05, 3.63) is 18.1 Å². The normalized spacial score (nSPS) is 26.6. The Morgan fingerprint density at radius 1 is 1.21 bits per heavy atom. The van der Waals surface area contributed by atoms with Gasteiger partial charge in [0.25, 0.3) is 0 Å². The summed E-state index contributed by atoms with van der Waals surface area (Å²) in [6.45, 7) is 2.95. The first-order valence-corrected chi connectivity index (χ1v) is 7.57. The molecule has 0 aromatic carbocycles. The van der Waals surface area contributed by atoms with Gasteiger partial charge in [-0.05, 0) is 38.2 Å². The molecule has 0 N–H and O–H groups in total. The molecule has 3 aliphatic rings. The molecule has 4 nitrogen and oxygen atoms in total. The minimum Gasteiger partial charge on any atom is -0.381 e. The predicted molar refractivity (Wildman–Crippen MR) is 73.3 cm³/mol. The van der Waals surface area contributed by atoms with E-state index in [0.717, 1.165) is 31.4 Å². The van der Waals surface area contributed by atoms with Crippen LogP contribution >= 0.6 is 0 Å². The minimum atomic E-state index is 0.635. The van der Waals surface area contributed by atoms with Gasteiger partial charge in [0.05, 0.1) is 6.61 Å².